The molecule has 0 spiro atoms. The number of ether oxygens (including phenoxy) is 1. The van der Waals surface area contributed by atoms with Crippen molar-refractivity contribution in [3.05, 3.63) is 36.5 Å². The molecule has 0 aromatic carbocycles. The number of aliphatic hydroxyl groups excluding tert-OH is 2. The van der Waals surface area contributed by atoms with Gasteiger partial charge in [0, 0.05) is 12.8 Å². The molecule has 0 fully saturated rings. The molecule has 2 atom stereocenters. The molecule has 0 saturated carbocycles. The van der Waals surface area contributed by atoms with Gasteiger partial charge >= 0.3 is 5.97 Å². The van der Waals surface area contributed by atoms with Crippen LogP contribution in [0.15, 0.2) is 36.5 Å². The molecule has 0 aromatic rings. The van der Waals surface area contributed by atoms with Gasteiger partial charge in [0.2, 0.25) is 5.91 Å². The zero-order chi connectivity index (χ0) is 44.4. The number of esters is 1. The molecule has 3 N–H and O–H groups in total. The molecule has 0 radical (unpaired) electrons. The van der Waals surface area contributed by atoms with Crippen LogP contribution in [-0.2, 0) is 14.3 Å². The molecule has 0 aromatic heterocycles. The number of carbonyl (C=O) groups is 2. The molecular weight excluding hydrogens is 755 g/mol. The zero-order valence-electron chi connectivity index (χ0n) is 40.6. The monoisotopic (exact) mass is 858 g/mol. The summed E-state index contributed by atoms with van der Waals surface area (Å²) in [6, 6.07) is -0.638. The van der Waals surface area contributed by atoms with Gasteiger partial charge in [0.05, 0.1) is 25.4 Å². The van der Waals surface area contributed by atoms with E-state index >= 15 is 0 Å². The average Bonchev–Trinajstić information content (AvgIpc) is 3.26. The zero-order valence-corrected chi connectivity index (χ0v) is 40.6. The van der Waals surface area contributed by atoms with Crippen LogP contribution in [0.3, 0.4) is 0 Å². The minimum atomic E-state index is -0.853. The fourth-order valence-corrected chi connectivity index (χ4v) is 7.96. The summed E-state index contributed by atoms with van der Waals surface area (Å²) in [7, 11) is 0. The maximum absolute atomic E-state index is 12.4. The van der Waals surface area contributed by atoms with Gasteiger partial charge in [0.1, 0.15) is 0 Å². The predicted molar refractivity (Wildman–Crippen MR) is 264 cm³/mol. The van der Waals surface area contributed by atoms with E-state index in [0.717, 1.165) is 64.2 Å². The Morgan fingerprint density at radius 3 is 1.21 bits per heavy atom. The predicted octanol–water partition coefficient (Wildman–Crippen LogP) is 16.1. The molecule has 0 rings (SSSR count). The first kappa shape index (κ1) is 59.1. The summed E-state index contributed by atoms with van der Waals surface area (Å²) < 4.78 is 5.44. The third-order valence-electron chi connectivity index (χ3n) is 12.1. The number of aliphatic hydroxyl groups is 2. The second kappa shape index (κ2) is 50.7. The van der Waals surface area contributed by atoms with Crippen LogP contribution in [0.4, 0.5) is 0 Å². The Balaban J connectivity index is 3.50. The number of allylic oxidation sites excluding steroid dienone is 5. The Kier molecular flexibility index (Phi) is 49.1. The van der Waals surface area contributed by atoms with Gasteiger partial charge in [-0.05, 0) is 77.0 Å². The number of rotatable bonds is 49. The van der Waals surface area contributed by atoms with Crippen molar-refractivity contribution in [2.24, 2.45) is 0 Å². The van der Waals surface area contributed by atoms with E-state index in [4.69, 9.17) is 4.74 Å². The smallest absolute Gasteiger partial charge is 0.305 e. The van der Waals surface area contributed by atoms with Crippen molar-refractivity contribution >= 4 is 11.9 Å². The average molecular weight is 858 g/mol. The molecule has 0 bridgehead atoms. The van der Waals surface area contributed by atoms with Crippen LogP contribution in [0.25, 0.3) is 0 Å². The number of unbranched alkanes of at least 4 members (excludes halogenated alkanes) is 34. The first-order valence-corrected chi connectivity index (χ1v) is 26.8. The van der Waals surface area contributed by atoms with E-state index in [9.17, 15) is 19.8 Å². The van der Waals surface area contributed by atoms with Crippen LogP contribution in [0, 0.1) is 0 Å². The Morgan fingerprint density at radius 2 is 0.787 bits per heavy atom. The molecule has 61 heavy (non-hydrogen) atoms. The molecule has 0 aliphatic heterocycles. The van der Waals surface area contributed by atoms with Crippen LogP contribution >= 0.6 is 0 Å². The molecule has 358 valence electrons. The fraction of sp³-hybridized carbons (Fsp3) is 0.855. The number of hydrogen-bond donors (Lipinski definition) is 3. The van der Waals surface area contributed by atoms with Crippen LogP contribution in [0.2, 0.25) is 0 Å². The molecule has 0 heterocycles. The molecule has 2 unspecified atom stereocenters. The van der Waals surface area contributed by atoms with Crippen molar-refractivity contribution in [3.8, 4) is 0 Å². The molecule has 0 aliphatic carbocycles. The minimum Gasteiger partial charge on any atom is -0.466 e. The Labute approximate surface area is 379 Å². The highest BCUT2D eigenvalue weighted by Gasteiger charge is 2.18. The summed E-state index contributed by atoms with van der Waals surface area (Å²) in [6.45, 7) is 4.84. The number of carbonyl (C=O) groups excluding carboxylic acids is 2. The fourth-order valence-electron chi connectivity index (χ4n) is 7.96. The number of hydrogen-bond acceptors (Lipinski definition) is 5. The van der Waals surface area contributed by atoms with Crippen molar-refractivity contribution in [1.29, 1.82) is 0 Å². The molecule has 0 saturated heterocycles. The topological polar surface area (TPSA) is 95.9 Å². The lowest BCUT2D eigenvalue weighted by atomic mass is 10.0. The quantitative estimate of drug-likeness (QED) is 0.0322. The lowest BCUT2D eigenvalue weighted by molar-refractivity contribution is -0.143. The van der Waals surface area contributed by atoms with Crippen LogP contribution < -0.4 is 5.32 Å². The first-order chi connectivity index (χ1) is 30.0. The van der Waals surface area contributed by atoms with Gasteiger partial charge in [-0.2, -0.15) is 0 Å². The van der Waals surface area contributed by atoms with E-state index in [0.29, 0.717) is 19.4 Å². The van der Waals surface area contributed by atoms with Gasteiger partial charge in [0.15, 0.2) is 0 Å². The molecule has 6 heteroatoms. The molecule has 6 nitrogen and oxygen atoms in total. The normalized spacial score (nSPS) is 12.9. The van der Waals surface area contributed by atoms with Gasteiger partial charge < -0.3 is 20.3 Å². The largest absolute Gasteiger partial charge is 0.466 e. The molecule has 1 amide bonds. The van der Waals surface area contributed by atoms with Gasteiger partial charge in [-0.15, -0.1) is 0 Å². The molecule has 0 aliphatic rings. The SMILES string of the molecule is CCCC/C=C\CCCCCCCC(=O)OCCCCCCCCCCC/C=C\CCCCCCCC(=O)NC(CO)C(O)/C=C/CCCCCCCCCCCCCCC. The van der Waals surface area contributed by atoms with E-state index < -0.39 is 12.1 Å². The summed E-state index contributed by atoms with van der Waals surface area (Å²) in [6.07, 6.45) is 61.5. The van der Waals surface area contributed by atoms with E-state index in [1.165, 1.54) is 186 Å². The van der Waals surface area contributed by atoms with Crippen molar-refractivity contribution in [3.63, 3.8) is 0 Å². The minimum absolute atomic E-state index is 0.00954. The van der Waals surface area contributed by atoms with Gasteiger partial charge in [-0.1, -0.05) is 224 Å². The van der Waals surface area contributed by atoms with Crippen molar-refractivity contribution < 1.29 is 24.5 Å². The number of nitrogens with one attached hydrogen (secondary N) is 1. The van der Waals surface area contributed by atoms with E-state index in [1.54, 1.807) is 6.08 Å². The Hall–Kier alpha value is -1.92. The molecular formula is C55H103NO5. The second-order valence-electron chi connectivity index (χ2n) is 18.2. The maximum Gasteiger partial charge on any atom is 0.305 e. The van der Waals surface area contributed by atoms with Crippen LogP contribution in [0.1, 0.15) is 277 Å². The van der Waals surface area contributed by atoms with Gasteiger partial charge in [0.25, 0.3) is 0 Å². The van der Waals surface area contributed by atoms with Crippen LogP contribution in [-0.4, -0.2) is 47.4 Å². The first-order valence-electron chi connectivity index (χ1n) is 26.8. The van der Waals surface area contributed by atoms with Gasteiger partial charge in [-0.3, -0.25) is 9.59 Å². The van der Waals surface area contributed by atoms with Crippen LogP contribution in [0.5, 0.6) is 0 Å². The summed E-state index contributed by atoms with van der Waals surface area (Å²) in [4.78, 5) is 24.4. The third-order valence-corrected chi connectivity index (χ3v) is 12.1. The third kappa shape index (κ3) is 47.4. The maximum atomic E-state index is 12.4. The van der Waals surface area contributed by atoms with E-state index in [2.05, 4.69) is 43.5 Å². The number of amides is 1. The highest BCUT2D eigenvalue weighted by atomic mass is 16.5. The highest BCUT2D eigenvalue weighted by molar-refractivity contribution is 5.76. The lowest BCUT2D eigenvalue weighted by Crippen LogP contribution is -2.45. The highest BCUT2D eigenvalue weighted by Crippen LogP contribution is 2.15. The van der Waals surface area contributed by atoms with Crippen molar-refractivity contribution in [2.75, 3.05) is 13.2 Å². The summed E-state index contributed by atoms with van der Waals surface area (Å²) >= 11 is 0. The second-order valence-corrected chi connectivity index (χ2v) is 18.2. The summed E-state index contributed by atoms with van der Waals surface area (Å²) in [5.74, 6) is -0.0922. The Bertz CT molecular complexity index is 993. The standard InChI is InChI=1S/C55H103NO5/c1-3-5-7-9-11-13-15-16-21-24-28-31-35-39-43-47-53(58)52(51-57)56-54(59)48-44-40-36-32-29-25-22-19-17-18-20-23-26-30-34-38-42-46-50-61-55(60)49-45-41-37-33-27-14-12-10-8-6-4-2/h10,12,19,22,43,47,52-53,57-58H,3-9,11,13-18,20-21,23-42,44-46,48-51H2,1-2H3,(H,56,59)/b12-10-,22-19-,47-43+. The van der Waals surface area contributed by atoms with Crippen molar-refractivity contribution in [1.82, 2.24) is 5.32 Å². The van der Waals surface area contributed by atoms with E-state index in [-0.39, 0.29) is 18.5 Å². The Morgan fingerprint density at radius 1 is 0.443 bits per heavy atom. The van der Waals surface area contributed by atoms with E-state index in [1.807, 2.05) is 6.08 Å². The van der Waals surface area contributed by atoms with Crippen molar-refractivity contribution in [2.45, 2.75) is 289 Å². The lowest BCUT2D eigenvalue weighted by Gasteiger charge is -2.20. The summed E-state index contributed by atoms with van der Waals surface area (Å²) in [5, 5.41) is 23.1. The summed E-state index contributed by atoms with van der Waals surface area (Å²) in [5.41, 5.74) is 0. The van der Waals surface area contributed by atoms with Gasteiger partial charge in [-0.25, -0.2) is 0 Å².